The largest absolute Gasteiger partial charge is 0.383 e. The van der Waals surface area contributed by atoms with Gasteiger partial charge in [-0.05, 0) is 24.6 Å². The number of hydrogen-bond acceptors (Lipinski definition) is 3. The molecule has 0 aliphatic rings. The lowest BCUT2D eigenvalue weighted by molar-refractivity contribution is 0.684. The SMILES string of the molecule is CCC(C)c1nc(N)c2ccc(Br)cc2n1. The molecular weight excluding hydrogens is 266 g/mol. The molecule has 2 aromatic rings. The van der Waals surface area contributed by atoms with Gasteiger partial charge in [-0.15, -0.1) is 0 Å². The highest BCUT2D eigenvalue weighted by atomic mass is 79.9. The molecule has 1 aromatic heterocycles. The molecule has 0 bridgehead atoms. The van der Waals surface area contributed by atoms with Gasteiger partial charge in [-0.25, -0.2) is 9.97 Å². The molecule has 0 spiro atoms. The van der Waals surface area contributed by atoms with Crippen LogP contribution in [0.1, 0.15) is 32.0 Å². The maximum atomic E-state index is 5.93. The van der Waals surface area contributed by atoms with Crippen LogP contribution in [0.4, 0.5) is 5.82 Å². The number of rotatable bonds is 2. The quantitative estimate of drug-likeness (QED) is 0.916. The lowest BCUT2D eigenvalue weighted by Gasteiger charge is -2.09. The summed E-state index contributed by atoms with van der Waals surface area (Å²) in [4.78, 5) is 8.90. The molecule has 1 atom stereocenters. The Hall–Kier alpha value is -1.16. The van der Waals surface area contributed by atoms with Crippen LogP contribution in [0.15, 0.2) is 22.7 Å². The summed E-state index contributed by atoms with van der Waals surface area (Å²) >= 11 is 3.43. The molecule has 0 saturated heterocycles. The molecule has 4 heteroatoms. The molecule has 0 amide bonds. The third-order valence-corrected chi connectivity index (χ3v) is 3.25. The Morgan fingerprint density at radius 1 is 1.38 bits per heavy atom. The van der Waals surface area contributed by atoms with Gasteiger partial charge < -0.3 is 5.73 Å². The second-order valence-corrected chi connectivity index (χ2v) is 4.85. The van der Waals surface area contributed by atoms with Crippen molar-refractivity contribution >= 4 is 32.7 Å². The monoisotopic (exact) mass is 279 g/mol. The fourth-order valence-corrected chi connectivity index (χ4v) is 1.90. The zero-order valence-corrected chi connectivity index (χ0v) is 11.0. The van der Waals surface area contributed by atoms with Crippen LogP contribution in [0, 0.1) is 0 Å². The van der Waals surface area contributed by atoms with E-state index in [1.54, 1.807) is 0 Å². The molecule has 16 heavy (non-hydrogen) atoms. The molecule has 0 aliphatic heterocycles. The van der Waals surface area contributed by atoms with E-state index in [-0.39, 0.29) is 0 Å². The van der Waals surface area contributed by atoms with E-state index in [2.05, 4.69) is 39.7 Å². The van der Waals surface area contributed by atoms with E-state index in [0.29, 0.717) is 11.7 Å². The van der Waals surface area contributed by atoms with E-state index >= 15 is 0 Å². The summed E-state index contributed by atoms with van der Waals surface area (Å²) in [6.45, 7) is 4.23. The Kier molecular flexibility index (Phi) is 3.10. The second kappa shape index (κ2) is 4.37. The summed E-state index contributed by atoms with van der Waals surface area (Å²) in [5.74, 6) is 1.73. The molecule has 0 saturated carbocycles. The van der Waals surface area contributed by atoms with E-state index in [1.165, 1.54) is 0 Å². The van der Waals surface area contributed by atoms with Gasteiger partial charge in [0.25, 0.3) is 0 Å². The third kappa shape index (κ3) is 2.02. The van der Waals surface area contributed by atoms with Crippen LogP contribution >= 0.6 is 15.9 Å². The van der Waals surface area contributed by atoms with Gasteiger partial charge in [0.2, 0.25) is 0 Å². The summed E-state index contributed by atoms with van der Waals surface area (Å²) in [7, 11) is 0. The van der Waals surface area contributed by atoms with Crippen LogP contribution in [-0.2, 0) is 0 Å². The molecule has 0 fully saturated rings. The highest BCUT2D eigenvalue weighted by molar-refractivity contribution is 9.10. The first-order valence-corrected chi connectivity index (χ1v) is 6.13. The number of benzene rings is 1. The van der Waals surface area contributed by atoms with Crippen molar-refractivity contribution < 1.29 is 0 Å². The van der Waals surface area contributed by atoms with Crippen molar-refractivity contribution in [1.82, 2.24) is 9.97 Å². The second-order valence-electron chi connectivity index (χ2n) is 3.94. The van der Waals surface area contributed by atoms with E-state index in [1.807, 2.05) is 18.2 Å². The van der Waals surface area contributed by atoms with Crippen molar-refractivity contribution in [3.8, 4) is 0 Å². The maximum Gasteiger partial charge on any atom is 0.135 e. The van der Waals surface area contributed by atoms with Gasteiger partial charge >= 0.3 is 0 Å². The van der Waals surface area contributed by atoms with Gasteiger partial charge in [0.1, 0.15) is 11.6 Å². The summed E-state index contributed by atoms with van der Waals surface area (Å²) in [5.41, 5.74) is 6.83. The zero-order valence-electron chi connectivity index (χ0n) is 9.37. The third-order valence-electron chi connectivity index (χ3n) is 2.76. The van der Waals surface area contributed by atoms with E-state index in [9.17, 15) is 0 Å². The topological polar surface area (TPSA) is 51.8 Å². The number of fused-ring (bicyclic) bond motifs is 1. The Bertz CT molecular complexity index is 525. The Morgan fingerprint density at radius 2 is 2.12 bits per heavy atom. The van der Waals surface area contributed by atoms with Gasteiger partial charge in [-0.1, -0.05) is 29.8 Å². The van der Waals surface area contributed by atoms with Crippen molar-refractivity contribution in [1.29, 1.82) is 0 Å². The molecule has 3 nitrogen and oxygen atoms in total. The summed E-state index contributed by atoms with van der Waals surface area (Å²) in [6, 6.07) is 5.86. The van der Waals surface area contributed by atoms with Crippen LogP contribution in [0.5, 0.6) is 0 Å². The maximum absolute atomic E-state index is 5.93. The molecule has 0 radical (unpaired) electrons. The summed E-state index contributed by atoms with van der Waals surface area (Å²) in [5, 5.41) is 0.912. The molecule has 0 aliphatic carbocycles. The molecule has 1 aromatic carbocycles. The number of anilines is 1. The van der Waals surface area contributed by atoms with Crippen LogP contribution in [0.3, 0.4) is 0 Å². The van der Waals surface area contributed by atoms with Crippen molar-refractivity contribution in [2.75, 3.05) is 5.73 Å². The highest BCUT2D eigenvalue weighted by Crippen LogP contribution is 2.24. The van der Waals surface area contributed by atoms with Gasteiger partial charge in [-0.2, -0.15) is 0 Å². The van der Waals surface area contributed by atoms with E-state index in [4.69, 9.17) is 5.73 Å². The zero-order chi connectivity index (χ0) is 11.7. The number of halogens is 1. The average molecular weight is 280 g/mol. The van der Waals surface area contributed by atoms with Crippen LogP contribution < -0.4 is 5.73 Å². The smallest absolute Gasteiger partial charge is 0.135 e. The highest BCUT2D eigenvalue weighted by Gasteiger charge is 2.10. The molecule has 2 rings (SSSR count). The van der Waals surface area contributed by atoms with Crippen LogP contribution in [0.25, 0.3) is 10.9 Å². The predicted molar refractivity (Wildman–Crippen MR) is 70.4 cm³/mol. The van der Waals surface area contributed by atoms with E-state index in [0.717, 1.165) is 27.6 Å². The number of nitrogens with two attached hydrogens (primary N) is 1. The Morgan fingerprint density at radius 3 is 2.81 bits per heavy atom. The standard InChI is InChI=1S/C12H14BrN3/c1-3-7(2)12-15-10-6-8(13)4-5-9(10)11(14)16-12/h4-7H,3H2,1-2H3,(H2,14,15,16). The lowest BCUT2D eigenvalue weighted by Crippen LogP contribution is -2.04. The fourth-order valence-electron chi connectivity index (χ4n) is 1.55. The predicted octanol–water partition coefficient (Wildman–Crippen LogP) is 3.49. The van der Waals surface area contributed by atoms with Crippen molar-refractivity contribution in [3.63, 3.8) is 0 Å². The van der Waals surface area contributed by atoms with Gasteiger partial charge in [0, 0.05) is 15.8 Å². The van der Waals surface area contributed by atoms with Gasteiger partial charge in [0.15, 0.2) is 0 Å². The minimum atomic E-state index is 0.339. The molecule has 1 unspecified atom stereocenters. The minimum absolute atomic E-state index is 0.339. The van der Waals surface area contributed by atoms with Crippen LogP contribution in [-0.4, -0.2) is 9.97 Å². The lowest BCUT2D eigenvalue weighted by atomic mass is 10.1. The first kappa shape index (κ1) is 11.3. The van der Waals surface area contributed by atoms with Gasteiger partial charge in [-0.3, -0.25) is 0 Å². The van der Waals surface area contributed by atoms with Crippen molar-refractivity contribution in [2.24, 2.45) is 0 Å². The first-order valence-electron chi connectivity index (χ1n) is 5.34. The molecule has 2 N–H and O–H groups in total. The minimum Gasteiger partial charge on any atom is -0.383 e. The molecule has 1 heterocycles. The first-order chi connectivity index (χ1) is 7.61. The number of nitrogens with zero attached hydrogens (tertiary/aromatic N) is 2. The van der Waals surface area contributed by atoms with Crippen molar-refractivity contribution in [3.05, 3.63) is 28.5 Å². The molecule has 84 valence electrons. The average Bonchev–Trinajstić information content (AvgIpc) is 2.27. The van der Waals surface area contributed by atoms with Gasteiger partial charge in [0.05, 0.1) is 5.52 Å². The van der Waals surface area contributed by atoms with Crippen LogP contribution in [0.2, 0.25) is 0 Å². The van der Waals surface area contributed by atoms with Crippen molar-refractivity contribution in [2.45, 2.75) is 26.2 Å². The summed E-state index contributed by atoms with van der Waals surface area (Å²) in [6.07, 6.45) is 1.01. The van der Waals surface area contributed by atoms with E-state index < -0.39 is 0 Å². The number of hydrogen-bond donors (Lipinski definition) is 1. The fraction of sp³-hybridized carbons (Fsp3) is 0.333. The summed E-state index contributed by atoms with van der Waals surface area (Å²) < 4.78 is 1.01. The number of nitrogen functional groups attached to an aromatic ring is 1. The normalized spacial score (nSPS) is 12.9. The molecular formula is C12H14BrN3. The Balaban J connectivity index is 2.65. The Labute approximate surface area is 103 Å². The number of aromatic nitrogens is 2.